The first kappa shape index (κ1) is 25.5. The monoisotopic (exact) mass is 398 g/mol. The van der Waals surface area contributed by atoms with Gasteiger partial charge in [0.2, 0.25) is 0 Å². The lowest BCUT2D eigenvalue weighted by molar-refractivity contribution is -0.290. The highest BCUT2D eigenvalue weighted by atomic mass is 31.2. The van der Waals surface area contributed by atoms with Crippen LogP contribution in [0.2, 0.25) is 0 Å². The number of phosphoric ester groups is 1. The Kier molecular flexibility index (Phi) is 16.3. The molecule has 0 fully saturated rings. The minimum absolute atomic E-state index is 0.272. The van der Waals surface area contributed by atoms with Crippen molar-refractivity contribution in [1.82, 2.24) is 0 Å². The molecule has 0 aromatic heterocycles. The van der Waals surface area contributed by atoms with Gasteiger partial charge in [-0.1, -0.05) is 71.1 Å². The summed E-state index contributed by atoms with van der Waals surface area (Å²) in [5.74, 6) is -0.431. The molecule has 0 bridgehead atoms. The second-order valence-corrected chi connectivity index (χ2v) is 7.72. The second kappa shape index (κ2) is 16.7. The third-order valence-electron chi connectivity index (χ3n) is 3.99. The van der Waals surface area contributed by atoms with Crippen molar-refractivity contribution < 1.29 is 38.6 Å². The smallest absolute Gasteiger partial charge is 0.463 e. The van der Waals surface area contributed by atoms with Gasteiger partial charge in [0.25, 0.3) is 0 Å². The molecular weight excluding hydrogens is 363 g/mol. The Hall–Kier alpha value is -0.500. The molecule has 0 heterocycles. The van der Waals surface area contributed by atoms with E-state index in [0.29, 0.717) is 0 Å². The van der Waals surface area contributed by atoms with Crippen LogP contribution in [-0.2, 0) is 23.5 Å². The average Bonchev–Trinajstić information content (AvgIpc) is 2.59. The van der Waals surface area contributed by atoms with Crippen molar-refractivity contribution in [3.05, 3.63) is 0 Å². The standard InChI is InChI=1S/C17H35O8P/c1-2-3-4-5-6-7-8-9-10-11-12-13-17(18)23-14-16(25-19)15-24-26(20,21)22/h16,19H,2-15H2,1H3,(H2,20,21,22). The summed E-state index contributed by atoms with van der Waals surface area (Å²) in [7, 11) is -4.65. The van der Waals surface area contributed by atoms with Gasteiger partial charge < -0.3 is 14.5 Å². The van der Waals surface area contributed by atoms with Gasteiger partial charge in [0.15, 0.2) is 6.10 Å². The lowest BCUT2D eigenvalue weighted by atomic mass is 10.1. The van der Waals surface area contributed by atoms with E-state index in [1.54, 1.807) is 0 Å². The molecule has 0 spiro atoms. The third-order valence-corrected chi connectivity index (χ3v) is 4.48. The number of unbranched alkanes of at least 4 members (excludes halogenated alkanes) is 10. The Morgan fingerprint density at radius 2 is 1.38 bits per heavy atom. The second-order valence-electron chi connectivity index (χ2n) is 6.48. The van der Waals surface area contributed by atoms with Gasteiger partial charge in [-0.25, -0.2) is 9.45 Å². The van der Waals surface area contributed by atoms with Crippen LogP contribution < -0.4 is 0 Å². The number of ether oxygens (including phenoxy) is 1. The van der Waals surface area contributed by atoms with Crippen molar-refractivity contribution in [1.29, 1.82) is 0 Å². The van der Waals surface area contributed by atoms with Crippen LogP contribution in [0, 0.1) is 0 Å². The quantitative estimate of drug-likeness (QED) is 0.103. The molecule has 1 atom stereocenters. The molecule has 0 radical (unpaired) electrons. The van der Waals surface area contributed by atoms with E-state index >= 15 is 0 Å². The summed E-state index contributed by atoms with van der Waals surface area (Å²) in [4.78, 5) is 32.6. The molecule has 3 N–H and O–H groups in total. The molecule has 0 amide bonds. The van der Waals surface area contributed by atoms with Crippen LogP contribution in [-0.4, -0.2) is 40.3 Å². The van der Waals surface area contributed by atoms with Crippen molar-refractivity contribution in [3.8, 4) is 0 Å². The topological polar surface area (TPSA) is 123 Å². The zero-order chi connectivity index (χ0) is 19.7. The van der Waals surface area contributed by atoms with Gasteiger partial charge in [-0.05, 0) is 6.42 Å². The normalized spacial score (nSPS) is 12.9. The summed E-state index contributed by atoms with van der Waals surface area (Å²) in [6.07, 6.45) is 12.2. The summed E-state index contributed by atoms with van der Waals surface area (Å²) < 4.78 is 19.6. The predicted octanol–water partition coefficient (Wildman–Crippen LogP) is 4.20. The molecule has 0 saturated heterocycles. The molecule has 0 aromatic carbocycles. The number of hydrogen-bond donors (Lipinski definition) is 3. The molecule has 0 aliphatic rings. The minimum Gasteiger partial charge on any atom is -0.463 e. The zero-order valence-corrected chi connectivity index (χ0v) is 16.7. The Balaban J connectivity index is 3.49. The van der Waals surface area contributed by atoms with Crippen molar-refractivity contribution in [2.75, 3.05) is 13.2 Å². The van der Waals surface area contributed by atoms with E-state index in [2.05, 4.69) is 16.3 Å². The van der Waals surface area contributed by atoms with Crippen LogP contribution in [0.1, 0.15) is 84.0 Å². The van der Waals surface area contributed by atoms with Gasteiger partial charge in [-0.2, -0.15) is 0 Å². The van der Waals surface area contributed by atoms with Crippen molar-refractivity contribution in [2.45, 2.75) is 90.1 Å². The van der Waals surface area contributed by atoms with Gasteiger partial charge in [0.1, 0.15) is 6.61 Å². The number of esters is 1. The minimum atomic E-state index is -4.65. The van der Waals surface area contributed by atoms with Crippen molar-refractivity contribution >= 4 is 13.8 Å². The Bertz CT molecular complexity index is 385. The molecule has 0 aromatic rings. The summed E-state index contributed by atoms with van der Waals surface area (Å²) in [5.41, 5.74) is 0. The largest absolute Gasteiger partial charge is 0.469 e. The molecule has 9 heteroatoms. The Morgan fingerprint density at radius 1 is 0.885 bits per heavy atom. The van der Waals surface area contributed by atoms with Gasteiger partial charge in [0.05, 0.1) is 6.61 Å². The van der Waals surface area contributed by atoms with Crippen LogP contribution in [0.15, 0.2) is 0 Å². The van der Waals surface area contributed by atoms with Crippen LogP contribution in [0.25, 0.3) is 0 Å². The fourth-order valence-electron chi connectivity index (χ4n) is 2.48. The molecule has 26 heavy (non-hydrogen) atoms. The van der Waals surface area contributed by atoms with Gasteiger partial charge in [-0.3, -0.25) is 14.6 Å². The highest BCUT2D eigenvalue weighted by Gasteiger charge is 2.20. The number of hydrogen-bond acceptors (Lipinski definition) is 6. The molecule has 0 saturated carbocycles. The van der Waals surface area contributed by atoms with Gasteiger partial charge in [0, 0.05) is 6.42 Å². The Labute approximate surface area is 156 Å². The zero-order valence-electron chi connectivity index (χ0n) is 15.8. The van der Waals surface area contributed by atoms with E-state index in [4.69, 9.17) is 19.8 Å². The fourth-order valence-corrected chi connectivity index (χ4v) is 2.84. The maximum absolute atomic E-state index is 11.6. The van der Waals surface area contributed by atoms with E-state index in [1.807, 2.05) is 0 Å². The van der Waals surface area contributed by atoms with E-state index in [1.165, 1.54) is 51.4 Å². The Morgan fingerprint density at radius 3 is 1.85 bits per heavy atom. The summed E-state index contributed by atoms with van der Waals surface area (Å²) >= 11 is 0. The summed E-state index contributed by atoms with van der Waals surface area (Å²) in [5, 5.41) is 8.59. The van der Waals surface area contributed by atoms with Crippen LogP contribution >= 0.6 is 7.82 Å². The summed E-state index contributed by atoms with van der Waals surface area (Å²) in [6.45, 7) is 1.31. The fraction of sp³-hybridized carbons (Fsp3) is 0.941. The first-order valence-corrected chi connectivity index (χ1v) is 11.1. The molecule has 1 unspecified atom stereocenters. The van der Waals surface area contributed by atoms with E-state index in [-0.39, 0.29) is 13.0 Å². The lowest BCUT2D eigenvalue weighted by Gasteiger charge is -2.14. The van der Waals surface area contributed by atoms with Crippen molar-refractivity contribution in [2.24, 2.45) is 0 Å². The first-order chi connectivity index (χ1) is 12.4. The number of rotatable bonds is 18. The number of carbonyl (C=O) groups excluding carboxylic acids is 1. The highest BCUT2D eigenvalue weighted by molar-refractivity contribution is 7.46. The highest BCUT2D eigenvalue weighted by Crippen LogP contribution is 2.35. The lowest BCUT2D eigenvalue weighted by Crippen LogP contribution is -2.25. The van der Waals surface area contributed by atoms with Gasteiger partial charge in [-0.15, -0.1) is 0 Å². The average molecular weight is 398 g/mol. The van der Waals surface area contributed by atoms with E-state index < -0.39 is 26.5 Å². The molecule has 0 aliphatic heterocycles. The SMILES string of the molecule is CCCCCCCCCCCCCC(=O)OCC(COP(=O)(O)O)OO. The molecular formula is C17H35O8P. The van der Waals surface area contributed by atoms with Crippen molar-refractivity contribution in [3.63, 3.8) is 0 Å². The first-order valence-electron chi connectivity index (χ1n) is 9.55. The van der Waals surface area contributed by atoms with Crippen LogP contribution in [0.5, 0.6) is 0 Å². The molecule has 156 valence electrons. The summed E-state index contributed by atoms with van der Waals surface area (Å²) in [6, 6.07) is 0. The van der Waals surface area contributed by atoms with E-state index in [0.717, 1.165) is 19.3 Å². The maximum Gasteiger partial charge on any atom is 0.469 e. The number of carbonyl (C=O) groups is 1. The molecule has 0 aliphatic carbocycles. The van der Waals surface area contributed by atoms with Gasteiger partial charge >= 0.3 is 13.8 Å². The van der Waals surface area contributed by atoms with Crippen LogP contribution in [0.4, 0.5) is 0 Å². The third kappa shape index (κ3) is 18.3. The molecule has 8 nitrogen and oxygen atoms in total. The maximum atomic E-state index is 11.6. The van der Waals surface area contributed by atoms with E-state index in [9.17, 15) is 9.36 Å². The molecule has 0 rings (SSSR count). The predicted molar refractivity (Wildman–Crippen MR) is 97.5 cm³/mol. The number of phosphoric acid groups is 1. The van der Waals surface area contributed by atoms with Crippen LogP contribution in [0.3, 0.4) is 0 Å².